The Bertz CT molecular complexity index is 451. The summed E-state index contributed by atoms with van der Waals surface area (Å²) in [5.41, 5.74) is 0. The third kappa shape index (κ3) is 2.65. The maximum Gasteiger partial charge on any atom is 0.186 e. The number of aryl methyl sites for hydroxylation is 1. The molecule has 0 fully saturated rings. The molecule has 0 amide bonds. The van der Waals surface area contributed by atoms with E-state index in [0.717, 1.165) is 29.0 Å². The Labute approximate surface area is 98.2 Å². The Balaban J connectivity index is 1.92. The summed E-state index contributed by atoms with van der Waals surface area (Å²) in [6.07, 6.45) is 1.55. The van der Waals surface area contributed by atoms with Crippen LogP contribution >= 0.6 is 11.8 Å². The molecule has 0 atom stereocenters. The van der Waals surface area contributed by atoms with Gasteiger partial charge in [-0.15, -0.1) is 0 Å². The van der Waals surface area contributed by atoms with Gasteiger partial charge in [0.1, 0.15) is 17.8 Å². The molecule has 2 rings (SSSR count). The molecule has 86 valence electrons. The molecular formula is C10H14N4OS. The van der Waals surface area contributed by atoms with Crippen molar-refractivity contribution in [2.45, 2.75) is 17.5 Å². The molecule has 0 aliphatic carbocycles. The first-order chi connectivity index (χ1) is 7.79. The molecule has 0 saturated heterocycles. The van der Waals surface area contributed by atoms with Crippen LogP contribution in [0.3, 0.4) is 0 Å². The van der Waals surface area contributed by atoms with E-state index in [-0.39, 0.29) is 0 Å². The van der Waals surface area contributed by atoms with E-state index in [1.807, 2.05) is 26.2 Å². The number of hydrogen-bond donors (Lipinski definition) is 1. The van der Waals surface area contributed by atoms with E-state index in [1.165, 1.54) is 0 Å². The van der Waals surface area contributed by atoms with Crippen LogP contribution in [0.15, 0.2) is 28.0 Å². The number of thioether (sulfide) groups is 1. The molecule has 0 unspecified atom stereocenters. The van der Waals surface area contributed by atoms with E-state index >= 15 is 0 Å². The molecule has 0 bridgehead atoms. The standard InChI is InChI=1S/C10H14N4OS/c1-11-5-8-3-4-9(15-8)6-16-10-12-7-13-14(10)2/h3-4,7,11H,5-6H2,1-2H3. The van der Waals surface area contributed by atoms with Crippen LogP contribution in [-0.4, -0.2) is 21.8 Å². The van der Waals surface area contributed by atoms with Gasteiger partial charge < -0.3 is 9.73 Å². The van der Waals surface area contributed by atoms with Gasteiger partial charge in [0.05, 0.1) is 12.3 Å². The second kappa shape index (κ2) is 5.18. The summed E-state index contributed by atoms with van der Waals surface area (Å²) in [4.78, 5) is 4.13. The summed E-state index contributed by atoms with van der Waals surface area (Å²) < 4.78 is 7.37. The lowest BCUT2D eigenvalue weighted by Gasteiger charge is -1.98. The maximum absolute atomic E-state index is 5.62. The Hall–Kier alpha value is -1.27. The Morgan fingerprint density at radius 1 is 1.44 bits per heavy atom. The summed E-state index contributed by atoms with van der Waals surface area (Å²) in [5, 5.41) is 7.95. The Morgan fingerprint density at radius 3 is 2.94 bits per heavy atom. The summed E-state index contributed by atoms with van der Waals surface area (Å²) in [7, 11) is 3.78. The van der Waals surface area contributed by atoms with E-state index < -0.39 is 0 Å². The largest absolute Gasteiger partial charge is 0.464 e. The first-order valence-electron chi connectivity index (χ1n) is 4.98. The fourth-order valence-corrected chi connectivity index (χ4v) is 2.10. The molecule has 0 radical (unpaired) electrons. The van der Waals surface area contributed by atoms with E-state index in [9.17, 15) is 0 Å². The van der Waals surface area contributed by atoms with Gasteiger partial charge in [-0.3, -0.25) is 0 Å². The molecule has 5 nitrogen and oxygen atoms in total. The lowest BCUT2D eigenvalue weighted by atomic mass is 10.4. The van der Waals surface area contributed by atoms with Crippen LogP contribution in [0.1, 0.15) is 11.5 Å². The quantitative estimate of drug-likeness (QED) is 0.798. The number of hydrogen-bond acceptors (Lipinski definition) is 5. The van der Waals surface area contributed by atoms with Gasteiger partial charge in [0, 0.05) is 7.05 Å². The highest BCUT2D eigenvalue weighted by Gasteiger charge is 2.05. The van der Waals surface area contributed by atoms with E-state index in [1.54, 1.807) is 22.8 Å². The van der Waals surface area contributed by atoms with E-state index in [2.05, 4.69) is 15.4 Å². The fourth-order valence-electron chi connectivity index (χ4n) is 1.32. The highest BCUT2D eigenvalue weighted by Crippen LogP contribution is 2.21. The van der Waals surface area contributed by atoms with Crippen LogP contribution in [0.25, 0.3) is 0 Å². The van der Waals surface area contributed by atoms with Crippen LogP contribution in [0.5, 0.6) is 0 Å². The molecule has 0 aromatic carbocycles. The van der Waals surface area contributed by atoms with Crippen LogP contribution in [0, 0.1) is 0 Å². The van der Waals surface area contributed by atoms with Crippen molar-refractivity contribution in [2.75, 3.05) is 7.05 Å². The molecule has 2 aromatic heterocycles. The first-order valence-corrected chi connectivity index (χ1v) is 5.97. The third-order valence-corrected chi connectivity index (χ3v) is 3.14. The zero-order valence-corrected chi connectivity index (χ0v) is 10.1. The number of nitrogens with zero attached hydrogens (tertiary/aromatic N) is 3. The minimum absolute atomic E-state index is 0.759. The zero-order valence-electron chi connectivity index (χ0n) is 9.30. The van der Waals surface area contributed by atoms with Crippen molar-refractivity contribution in [3.63, 3.8) is 0 Å². The number of aromatic nitrogens is 3. The van der Waals surface area contributed by atoms with Gasteiger partial charge in [0.2, 0.25) is 0 Å². The molecule has 2 aromatic rings. The number of furan rings is 1. The molecule has 0 saturated carbocycles. The van der Waals surface area contributed by atoms with Crippen molar-refractivity contribution in [2.24, 2.45) is 7.05 Å². The van der Waals surface area contributed by atoms with Crippen molar-refractivity contribution < 1.29 is 4.42 Å². The highest BCUT2D eigenvalue weighted by molar-refractivity contribution is 7.98. The third-order valence-electron chi connectivity index (χ3n) is 2.08. The van der Waals surface area contributed by atoms with Crippen molar-refractivity contribution in [1.82, 2.24) is 20.1 Å². The lowest BCUT2D eigenvalue weighted by molar-refractivity contribution is 0.468. The van der Waals surface area contributed by atoms with Gasteiger partial charge in [-0.25, -0.2) is 9.67 Å². The van der Waals surface area contributed by atoms with Crippen molar-refractivity contribution in [3.05, 3.63) is 30.0 Å². The number of nitrogens with one attached hydrogen (secondary N) is 1. The maximum atomic E-state index is 5.62. The van der Waals surface area contributed by atoms with Crippen LogP contribution in [-0.2, 0) is 19.3 Å². The Kier molecular flexibility index (Phi) is 3.63. The van der Waals surface area contributed by atoms with Crippen LogP contribution in [0.4, 0.5) is 0 Å². The molecule has 2 heterocycles. The normalized spacial score (nSPS) is 10.9. The molecule has 16 heavy (non-hydrogen) atoms. The monoisotopic (exact) mass is 238 g/mol. The van der Waals surface area contributed by atoms with E-state index in [0.29, 0.717) is 0 Å². The molecule has 0 aliphatic heterocycles. The average molecular weight is 238 g/mol. The van der Waals surface area contributed by atoms with Crippen molar-refractivity contribution in [3.8, 4) is 0 Å². The van der Waals surface area contributed by atoms with Gasteiger partial charge in [-0.1, -0.05) is 11.8 Å². The smallest absolute Gasteiger partial charge is 0.186 e. The predicted octanol–water partition coefficient (Wildman–Crippen LogP) is 1.42. The van der Waals surface area contributed by atoms with Crippen LogP contribution in [0.2, 0.25) is 0 Å². The second-order valence-corrected chi connectivity index (χ2v) is 4.30. The van der Waals surface area contributed by atoms with Gasteiger partial charge in [-0.05, 0) is 19.2 Å². The summed E-state index contributed by atoms with van der Waals surface area (Å²) in [5.74, 6) is 2.69. The van der Waals surface area contributed by atoms with Gasteiger partial charge in [0.25, 0.3) is 0 Å². The van der Waals surface area contributed by atoms with Gasteiger partial charge in [-0.2, -0.15) is 5.10 Å². The van der Waals surface area contributed by atoms with Gasteiger partial charge >= 0.3 is 0 Å². The second-order valence-electron chi connectivity index (χ2n) is 3.35. The van der Waals surface area contributed by atoms with E-state index in [4.69, 9.17) is 4.42 Å². The SMILES string of the molecule is CNCc1ccc(CSc2ncnn2C)o1. The molecule has 0 spiro atoms. The molecule has 0 aliphatic rings. The summed E-state index contributed by atoms with van der Waals surface area (Å²) >= 11 is 1.61. The van der Waals surface area contributed by atoms with Crippen molar-refractivity contribution in [1.29, 1.82) is 0 Å². The molecular weight excluding hydrogens is 224 g/mol. The summed E-state index contributed by atoms with van der Waals surface area (Å²) in [6.45, 7) is 0.759. The highest BCUT2D eigenvalue weighted by atomic mass is 32.2. The number of rotatable bonds is 5. The lowest BCUT2D eigenvalue weighted by Crippen LogP contribution is -2.03. The predicted molar refractivity (Wildman–Crippen MR) is 62.0 cm³/mol. The average Bonchev–Trinajstić information content (AvgIpc) is 2.86. The zero-order chi connectivity index (χ0) is 11.4. The van der Waals surface area contributed by atoms with Crippen molar-refractivity contribution >= 4 is 11.8 Å². The minimum Gasteiger partial charge on any atom is -0.464 e. The van der Waals surface area contributed by atoms with Crippen LogP contribution < -0.4 is 5.32 Å². The fraction of sp³-hybridized carbons (Fsp3) is 0.400. The first kappa shape index (κ1) is 11.2. The van der Waals surface area contributed by atoms with Gasteiger partial charge in [0.15, 0.2) is 5.16 Å². The minimum atomic E-state index is 0.759. The summed E-state index contributed by atoms with van der Waals surface area (Å²) in [6, 6.07) is 3.99. The molecule has 6 heteroatoms. The Morgan fingerprint density at radius 2 is 2.25 bits per heavy atom. The topological polar surface area (TPSA) is 55.9 Å². The molecule has 1 N–H and O–H groups in total.